The monoisotopic (exact) mass is 337 g/mol. The van der Waals surface area contributed by atoms with Crippen molar-refractivity contribution in [1.29, 1.82) is 0 Å². The first kappa shape index (κ1) is 15.6. The number of amides is 1. The Morgan fingerprint density at radius 2 is 2.08 bits per heavy atom. The Morgan fingerprint density at radius 3 is 2.88 bits per heavy atom. The van der Waals surface area contributed by atoms with E-state index in [4.69, 9.17) is 4.74 Å². The number of hydrogen-bond acceptors (Lipinski definition) is 4. The van der Waals surface area contributed by atoms with Gasteiger partial charge >= 0.3 is 5.97 Å². The Hall–Kier alpha value is -2.89. The number of nitrogens with zero attached hydrogens (tertiary/aromatic N) is 2. The highest BCUT2D eigenvalue weighted by molar-refractivity contribution is 6.10. The molecule has 1 aliphatic heterocycles. The van der Waals surface area contributed by atoms with Crippen LogP contribution in [0.15, 0.2) is 30.5 Å². The van der Waals surface area contributed by atoms with Crippen LogP contribution in [-0.2, 0) is 9.53 Å². The number of carbonyl (C=O) groups is 2. The lowest BCUT2D eigenvalue weighted by Gasteiger charge is -2.26. The summed E-state index contributed by atoms with van der Waals surface area (Å²) in [7, 11) is 0. The molecule has 3 heterocycles. The number of hydrogen-bond donors (Lipinski definition) is 1. The fourth-order valence-electron chi connectivity index (χ4n) is 3.35. The van der Waals surface area contributed by atoms with Gasteiger partial charge in [0, 0.05) is 34.9 Å². The van der Waals surface area contributed by atoms with Gasteiger partial charge in [-0.15, -0.1) is 0 Å². The molecule has 1 aliphatic rings. The number of ether oxygens (including phenoxy) is 1. The molecule has 2 aromatic heterocycles. The fourth-order valence-corrected chi connectivity index (χ4v) is 3.35. The van der Waals surface area contributed by atoms with Gasteiger partial charge in [-0.3, -0.25) is 4.79 Å². The molecule has 0 saturated carbocycles. The SMILES string of the molecule is CCOC(=O)c1cc2c(cn1)[nH]c1ccc(N3CCCCC3=O)cc12. The number of piperidine rings is 1. The Morgan fingerprint density at radius 1 is 1.24 bits per heavy atom. The lowest BCUT2D eigenvalue weighted by Crippen LogP contribution is -2.35. The minimum atomic E-state index is -0.430. The maximum absolute atomic E-state index is 12.2. The largest absolute Gasteiger partial charge is 0.461 e. The van der Waals surface area contributed by atoms with E-state index >= 15 is 0 Å². The second kappa shape index (κ2) is 6.20. The average Bonchev–Trinajstić information content (AvgIpc) is 2.99. The van der Waals surface area contributed by atoms with Gasteiger partial charge in [0.1, 0.15) is 5.69 Å². The number of H-pyrrole nitrogens is 1. The first-order valence-corrected chi connectivity index (χ1v) is 8.56. The third-order valence-corrected chi connectivity index (χ3v) is 4.59. The van der Waals surface area contributed by atoms with Gasteiger partial charge in [0.25, 0.3) is 0 Å². The molecule has 4 rings (SSSR count). The predicted molar refractivity (Wildman–Crippen MR) is 95.8 cm³/mol. The molecule has 1 N–H and O–H groups in total. The normalized spacial score (nSPS) is 15.1. The fraction of sp³-hybridized carbons (Fsp3) is 0.316. The Balaban J connectivity index is 1.82. The Bertz CT molecular complexity index is 977. The predicted octanol–water partition coefficient (Wildman–Crippen LogP) is 3.41. The molecule has 6 nitrogen and oxygen atoms in total. The van der Waals surface area contributed by atoms with Crippen molar-refractivity contribution in [3.05, 3.63) is 36.2 Å². The summed E-state index contributed by atoms with van der Waals surface area (Å²) >= 11 is 0. The summed E-state index contributed by atoms with van der Waals surface area (Å²) in [5.74, 6) is -0.263. The highest BCUT2D eigenvalue weighted by Gasteiger charge is 2.20. The van der Waals surface area contributed by atoms with Crippen molar-refractivity contribution in [1.82, 2.24) is 9.97 Å². The second-order valence-corrected chi connectivity index (χ2v) is 6.19. The summed E-state index contributed by atoms with van der Waals surface area (Å²) in [6.07, 6.45) is 4.23. The van der Waals surface area contributed by atoms with Crippen molar-refractivity contribution in [2.24, 2.45) is 0 Å². The summed E-state index contributed by atoms with van der Waals surface area (Å²) in [6, 6.07) is 7.68. The molecule has 0 bridgehead atoms. The lowest BCUT2D eigenvalue weighted by molar-refractivity contribution is -0.119. The number of pyridine rings is 1. The van der Waals surface area contributed by atoms with Gasteiger partial charge in [-0.25, -0.2) is 9.78 Å². The number of anilines is 1. The lowest BCUT2D eigenvalue weighted by atomic mass is 10.1. The van der Waals surface area contributed by atoms with Crippen LogP contribution < -0.4 is 4.90 Å². The minimum absolute atomic E-state index is 0.166. The van der Waals surface area contributed by atoms with Gasteiger partial charge in [0.2, 0.25) is 5.91 Å². The van der Waals surface area contributed by atoms with Crippen molar-refractivity contribution in [2.45, 2.75) is 26.2 Å². The molecule has 1 fully saturated rings. The van der Waals surface area contributed by atoms with Crippen molar-refractivity contribution in [2.75, 3.05) is 18.1 Å². The van der Waals surface area contributed by atoms with Gasteiger partial charge in [0.05, 0.1) is 18.3 Å². The number of rotatable bonds is 3. The van der Waals surface area contributed by atoms with E-state index in [9.17, 15) is 9.59 Å². The van der Waals surface area contributed by atoms with Crippen molar-refractivity contribution >= 4 is 39.4 Å². The van der Waals surface area contributed by atoms with Crippen molar-refractivity contribution in [3.8, 4) is 0 Å². The summed E-state index contributed by atoms with van der Waals surface area (Å²) in [6.45, 7) is 2.83. The van der Waals surface area contributed by atoms with E-state index < -0.39 is 5.97 Å². The van der Waals surface area contributed by atoms with Gasteiger partial charge in [-0.1, -0.05) is 0 Å². The zero-order valence-corrected chi connectivity index (χ0v) is 14.0. The molecule has 0 atom stereocenters. The van der Waals surface area contributed by atoms with E-state index in [2.05, 4.69) is 9.97 Å². The maximum atomic E-state index is 12.2. The summed E-state index contributed by atoms with van der Waals surface area (Å²) in [5.41, 5.74) is 2.98. The standard InChI is InChI=1S/C19H19N3O3/c1-2-25-19(24)16-10-14-13-9-12(22-8-4-3-5-18(22)23)6-7-15(13)21-17(14)11-20-16/h6-7,9-11,21H,2-5,8H2,1H3. The summed E-state index contributed by atoms with van der Waals surface area (Å²) in [5, 5.41) is 1.87. The first-order chi connectivity index (χ1) is 12.2. The summed E-state index contributed by atoms with van der Waals surface area (Å²) < 4.78 is 5.03. The van der Waals surface area contributed by atoms with Crippen LogP contribution in [0.5, 0.6) is 0 Å². The molecule has 6 heteroatoms. The number of aromatic amines is 1. The van der Waals surface area contributed by atoms with Crippen LogP contribution in [0.3, 0.4) is 0 Å². The zero-order chi connectivity index (χ0) is 17.4. The third-order valence-electron chi connectivity index (χ3n) is 4.59. The van der Waals surface area contributed by atoms with Crippen LogP contribution in [0, 0.1) is 0 Å². The number of nitrogens with one attached hydrogen (secondary N) is 1. The smallest absolute Gasteiger partial charge is 0.356 e. The van der Waals surface area contributed by atoms with Crippen LogP contribution >= 0.6 is 0 Å². The van der Waals surface area contributed by atoms with Crippen LogP contribution in [-0.4, -0.2) is 35.0 Å². The number of esters is 1. The first-order valence-electron chi connectivity index (χ1n) is 8.56. The number of carbonyl (C=O) groups excluding carboxylic acids is 2. The van der Waals surface area contributed by atoms with Crippen LogP contribution in [0.1, 0.15) is 36.7 Å². The quantitative estimate of drug-likeness (QED) is 0.743. The van der Waals surface area contributed by atoms with Crippen molar-refractivity contribution < 1.29 is 14.3 Å². The van der Waals surface area contributed by atoms with Crippen molar-refractivity contribution in [3.63, 3.8) is 0 Å². The highest BCUT2D eigenvalue weighted by atomic mass is 16.5. The van der Waals surface area contributed by atoms with E-state index in [0.717, 1.165) is 46.9 Å². The molecule has 128 valence electrons. The molecule has 1 aromatic carbocycles. The van der Waals surface area contributed by atoms with Gasteiger partial charge < -0.3 is 14.6 Å². The summed E-state index contributed by atoms with van der Waals surface area (Å²) in [4.78, 5) is 33.5. The molecule has 0 aliphatic carbocycles. The van der Waals surface area contributed by atoms with Gasteiger partial charge in [-0.2, -0.15) is 0 Å². The van der Waals surface area contributed by atoms with E-state index in [1.54, 1.807) is 19.2 Å². The number of benzene rings is 1. The molecule has 1 amide bonds. The number of aromatic nitrogens is 2. The Kier molecular flexibility index (Phi) is 3.87. The molecule has 0 radical (unpaired) electrons. The van der Waals surface area contributed by atoms with Gasteiger partial charge in [0.15, 0.2) is 0 Å². The van der Waals surface area contributed by atoms with Crippen LogP contribution in [0.25, 0.3) is 21.8 Å². The van der Waals surface area contributed by atoms with E-state index in [1.165, 1.54) is 0 Å². The molecule has 3 aromatic rings. The van der Waals surface area contributed by atoms with E-state index in [1.807, 2.05) is 23.1 Å². The topological polar surface area (TPSA) is 75.3 Å². The minimum Gasteiger partial charge on any atom is -0.461 e. The molecule has 0 spiro atoms. The highest BCUT2D eigenvalue weighted by Crippen LogP contribution is 2.30. The third kappa shape index (κ3) is 2.73. The van der Waals surface area contributed by atoms with E-state index in [-0.39, 0.29) is 11.6 Å². The molecule has 1 saturated heterocycles. The van der Waals surface area contributed by atoms with Crippen LogP contribution in [0.4, 0.5) is 5.69 Å². The van der Waals surface area contributed by atoms with E-state index in [0.29, 0.717) is 13.0 Å². The zero-order valence-electron chi connectivity index (χ0n) is 14.0. The van der Waals surface area contributed by atoms with Crippen LogP contribution in [0.2, 0.25) is 0 Å². The van der Waals surface area contributed by atoms with Gasteiger partial charge in [-0.05, 0) is 44.0 Å². The second-order valence-electron chi connectivity index (χ2n) is 6.19. The molecule has 0 unspecified atom stereocenters. The molecular formula is C19H19N3O3. The maximum Gasteiger partial charge on any atom is 0.356 e. The Labute approximate surface area is 144 Å². The molecule has 25 heavy (non-hydrogen) atoms. The molecular weight excluding hydrogens is 318 g/mol. The number of fused-ring (bicyclic) bond motifs is 3. The average molecular weight is 337 g/mol.